The second-order valence-electron chi connectivity index (χ2n) is 5.32. The van der Waals surface area contributed by atoms with Gasteiger partial charge in [0.15, 0.2) is 0 Å². The van der Waals surface area contributed by atoms with Crippen LogP contribution in [0.5, 0.6) is 0 Å². The fraction of sp³-hybridized carbons (Fsp3) is 0.929. The summed E-state index contributed by atoms with van der Waals surface area (Å²) in [6.07, 6.45) is 7.53. The first-order valence-electron chi connectivity index (χ1n) is 7.20. The van der Waals surface area contributed by atoms with Crippen molar-refractivity contribution in [2.24, 2.45) is 11.7 Å². The van der Waals surface area contributed by atoms with E-state index in [2.05, 4.69) is 13.8 Å². The molecule has 3 nitrogen and oxygen atoms in total. The molecule has 0 saturated heterocycles. The summed E-state index contributed by atoms with van der Waals surface area (Å²) in [5.41, 5.74) is 5.96. The van der Waals surface area contributed by atoms with Gasteiger partial charge in [0.25, 0.3) is 0 Å². The largest absolute Gasteiger partial charge is 0.343 e. The Kier molecular flexibility index (Phi) is 6.56. The first-order valence-corrected chi connectivity index (χ1v) is 7.20. The number of carbonyl (C=O) groups excluding carboxylic acids is 1. The minimum Gasteiger partial charge on any atom is -0.343 e. The lowest BCUT2D eigenvalue weighted by molar-refractivity contribution is -0.132. The molecule has 3 heteroatoms. The third kappa shape index (κ3) is 5.07. The number of nitrogens with two attached hydrogens (primary N) is 1. The molecule has 0 heterocycles. The number of carbonyl (C=O) groups is 1. The van der Waals surface area contributed by atoms with E-state index in [1.165, 1.54) is 12.8 Å². The van der Waals surface area contributed by atoms with Gasteiger partial charge in [-0.05, 0) is 38.5 Å². The van der Waals surface area contributed by atoms with Crippen molar-refractivity contribution >= 4 is 5.91 Å². The van der Waals surface area contributed by atoms with Crippen LogP contribution in [0.4, 0.5) is 0 Å². The highest BCUT2D eigenvalue weighted by Gasteiger charge is 2.23. The van der Waals surface area contributed by atoms with Crippen LogP contribution >= 0.6 is 0 Å². The molecule has 0 bridgehead atoms. The maximum atomic E-state index is 12.1. The van der Waals surface area contributed by atoms with Gasteiger partial charge in [0.05, 0.1) is 0 Å². The van der Waals surface area contributed by atoms with E-state index in [1.807, 2.05) is 4.90 Å². The zero-order valence-corrected chi connectivity index (χ0v) is 11.5. The van der Waals surface area contributed by atoms with Gasteiger partial charge < -0.3 is 10.6 Å². The Hall–Kier alpha value is -0.570. The molecule has 1 rings (SSSR count). The summed E-state index contributed by atoms with van der Waals surface area (Å²) in [6, 6.07) is 0.326. The normalized spacial score (nSPS) is 24.6. The zero-order chi connectivity index (χ0) is 12.7. The first-order chi connectivity index (χ1) is 8.17. The lowest BCUT2D eigenvalue weighted by atomic mass is 9.84. The SMILES string of the molecule is CCCCN(CC)C(=O)CC1CCCC(N)C1. The molecule has 0 aliphatic heterocycles. The van der Waals surface area contributed by atoms with E-state index >= 15 is 0 Å². The zero-order valence-electron chi connectivity index (χ0n) is 11.5. The molecule has 1 aliphatic carbocycles. The molecular formula is C14H28N2O. The summed E-state index contributed by atoms with van der Waals surface area (Å²) < 4.78 is 0. The molecule has 0 aromatic heterocycles. The van der Waals surface area contributed by atoms with E-state index in [0.717, 1.165) is 38.8 Å². The van der Waals surface area contributed by atoms with Crippen LogP contribution in [0.15, 0.2) is 0 Å². The van der Waals surface area contributed by atoms with Crippen LogP contribution in [0.2, 0.25) is 0 Å². The molecule has 1 saturated carbocycles. The van der Waals surface area contributed by atoms with Crippen molar-refractivity contribution in [2.45, 2.75) is 64.8 Å². The number of hydrogen-bond donors (Lipinski definition) is 1. The predicted octanol–water partition coefficient (Wildman–Crippen LogP) is 2.54. The monoisotopic (exact) mass is 240 g/mol. The molecule has 2 unspecified atom stereocenters. The summed E-state index contributed by atoms with van der Waals surface area (Å²) in [6.45, 7) is 6.00. The molecule has 100 valence electrons. The van der Waals surface area contributed by atoms with Gasteiger partial charge in [-0.15, -0.1) is 0 Å². The summed E-state index contributed by atoms with van der Waals surface area (Å²) in [5.74, 6) is 0.863. The fourth-order valence-corrected chi connectivity index (χ4v) is 2.70. The molecule has 1 aliphatic rings. The topological polar surface area (TPSA) is 46.3 Å². The molecule has 1 amide bonds. The van der Waals surface area contributed by atoms with Crippen LogP contribution in [0.25, 0.3) is 0 Å². The van der Waals surface area contributed by atoms with Gasteiger partial charge in [-0.1, -0.05) is 19.8 Å². The standard InChI is InChI=1S/C14H28N2O/c1-3-5-9-16(4-2)14(17)11-12-7-6-8-13(15)10-12/h12-13H,3-11,15H2,1-2H3. The predicted molar refractivity (Wildman–Crippen MR) is 71.7 cm³/mol. The number of rotatable bonds is 6. The Bertz CT molecular complexity index is 230. The minimum atomic E-state index is 0.326. The average molecular weight is 240 g/mol. The van der Waals surface area contributed by atoms with Crippen LogP contribution in [-0.2, 0) is 4.79 Å². The van der Waals surface area contributed by atoms with Crippen LogP contribution in [-0.4, -0.2) is 29.9 Å². The first kappa shape index (κ1) is 14.5. The van der Waals surface area contributed by atoms with Crippen molar-refractivity contribution in [3.05, 3.63) is 0 Å². The third-order valence-corrected chi connectivity index (χ3v) is 3.80. The Balaban J connectivity index is 2.35. The Morgan fingerprint density at radius 3 is 2.71 bits per heavy atom. The summed E-state index contributed by atoms with van der Waals surface area (Å²) >= 11 is 0. The number of hydrogen-bond acceptors (Lipinski definition) is 2. The van der Waals surface area contributed by atoms with Crippen molar-refractivity contribution in [3.8, 4) is 0 Å². The van der Waals surface area contributed by atoms with Crippen LogP contribution < -0.4 is 5.73 Å². The highest BCUT2D eigenvalue weighted by molar-refractivity contribution is 5.76. The number of unbranched alkanes of at least 4 members (excludes halogenated alkanes) is 1. The van der Waals surface area contributed by atoms with E-state index in [1.54, 1.807) is 0 Å². The highest BCUT2D eigenvalue weighted by Crippen LogP contribution is 2.26. The summed E-state index contributed by atoms with van der Waals surface area (Å²) in [4.78, 5) is 14.1. The van der Waals surface area contributed by atoms with Gasteiger partial charge in [-0.25, -0.2) is 0 Å². The van der Waals surface area contributed by atoms with E-state index in [4.69, 9.17) is 5.73 Å². The second kappa shape index (κ2) is 7.70. The molecule has 0 aromatic rings. The van der Waals surface area contributed by atoms with Gasteiger partial charge in [0.2, 0.25) is 5.91 Å². The number of nitrogens with zero attached hydrogens (tertiary/aromatic N) is 1. The van der Waals surface area contributed by atoms with Crippen LogP contribution in [0.1, 0.15) is 58.8 Å². The lowest BCUT2D eigenvalue weighted by Gasteiger charge is -2.28. The van der Waals surface area contributed by atoms with Crippen LogP contribution in [0, 0.1) is 5.92 Å². The fourth-order valence-electron chi connectivity index (χ4n) is 2.70. The van der Waals surface area contributed by atoms with E-state index in [9.17, 15) is 4.79 Å². The summed E-state index contributed by atoms with van der Waals surface area (Å²) in [7, 11) is 0. The lowest BCUT2D eigenvalue weighted by Crippen LogP contribution is -2.35. The average Bonchev–Trinajstić information content (AvgIpc) is 2.30. The molecule has 2 N–H and O–H groups in total. The molecular weight excluding hydrogens is 212 g/mol. The molecule has 0 spiro atoms. The van der Waals surface area contributed by atoms with Gasteiger partial charge in [-0.2, -0.15) is 0 Å². The Morgan fingerprint density at radius 2 is 2.12 bits per heavy atom. The van der Waals surface area contributed by atoms with Gasteiger partial charge in [-0.3, -0.25) is 4.79 Å². The van der Waals surface area contributed by atoms with Crippen molar-refractivity contribution in [1.29, 1.82) is 0 Å². The van der Waals surface area contributed by atoms with E-state index in [-0.39, 0.29) is 0 Å². The van der Waals surface area contributed by atoms with Crippen molar-refractivity contribution in [3.63, 3.8) is 0 Å². The van der Waals surface area contributed by atoms with Gasteiger partial charge in [0, 0.05) is 25.6 Å². The van der Waals surface area contributed by atoms with Crippen molar-refractivity contribution < 1.29 is 4.79 Å². The quantitative estimate of drug-likeness (QED) is 0.775. The maximum absolute atomic E-state index is 12.1. The van der Waals surface area contributed by atoms with Gasteiger partial charge >= 0.3 is 0 Å². The maximum Gasteiger partial charge on any atom is 0.222 e. The molecule has 2 atom stereocenters. The molecule has 1 fully saturated rings. The van der Waals surface area contributed by atoms with Gasteiger partial charge in [0.1, 0.15) is 0 Å². The number of amides is 1. The second-order valence-corrected chi connectivity index (χ2v) is 5.32. The van der Waals surface area contributed by atoms with Crippen molar-refractivity contribution in [1.82, 2.24) is 4.90 Å². The highest BCUT2D eigenvalue weighted by atomic mass is 16.2. The summed E-state index contributed by atoms with van der Waals surface area (Å²) in [5, 5.41) is 0. The smallest absolute Gasteiger partial charge is 0.222 e. The Labute approximate surface area is 106 Å². The van der Waals surface area contributed by atoms with Crippen molar-refractivity contribution in [2.75, 3.05) is 13.1 Å². The molecule has 17 heavy (non-hydrogen) atoms. The molecule has 0 aromatic carbocycles. The Morgan fingerprint density at radius 1 is 1.35 bits per heavy atom. The van der Waals surface area contributed by atoms with Crippen LogP contribution in [0.3, 0.4) is 0 Å². The molecule has 0 radical (unpaired) electrons. The minimum absolute atomic E-state index is 0.326. The van der Waals surface area contributed by atoms with E-state index in [0.29, 0.717) is 24.3 Å². The van der Waals surface area contributed by atoms with E-state index < -0.39 is 0 Å². The third-order valence-electron chi connectivity index (χ3n) is 3.80.